The molecule has 0 saturated heterocycles. The summed E-state index contributed by atoms with van der Waals surface area (Å²) in [5, 5.41) is 10.9. The van der Waals surface area contributed by atoms with Gasteiger partial charge >= 0.3 is 0 Å². The number of anilines is 1. The van der Waals surface area contributed by atoms with Gasteiger partial charge in [0.05, 0.1) is 28.1 Å². The van der Waals surface area contributed by atoms with Gasteiger partial charge in [-0.25, -0.2) is 0 Å². The largest absolute Gasteiger partial charge is 0.376 e. The minimum absolute atomic E-state index is 0.0914. The van der Waals surface area contributed by atoms with Crippen molar-refractivity contribution in [2.24, 2.45) is 0 Å². The van der Waals surface area contributed by atoms with Crippen LogP contribution in [-0.2, 0) is 0 Å². The van der Waals surface area contributed by atoms with Crippen LogP contribution in [0.3, 0.4) is 0 Å². The average molecular weight is 269 g/mol. The third-order valence-corrected chi connectivity index (χ3v) is 2.85. The Bertz CT molecular complexity index is 634. The molecule has 102 valence electrons. The zero-order chi connectivity index (χ0) is 14.5. The minimum Gasteiger partial charge on any atom is -0.376 e. The van der Waals surface area contributed by atoms with E-state index < -0.39 is 0 Å². The Hall–Kier alpha value is -2.69. The van der Waals surface area contributed by atoms with Crippen LogP contribution in [0.15, 0.2) is 42.6 Å². The predicted octanol–water partition coefficient (Wildman–Crippen LogP) is 3.23. The van der Waals surface area contributed by atoms with E-state index in [9.17, 15) is 10.1 Å². The van der Waals surface area contributed by atoms with Crippen molar-refractivity contribution in [2.45, 2.75) is 0 Å². The Labute approximate surface area is 117 Å². The first-order valence-corrected chi connectivity index (χ1v) is 6.13. The molecule has 5 heteroatoms. The average Bonchev–Trinajstić information content (AvgIpc) is 2.45. The quantitative estimate of drug-likeness (QED) is 0.631. The van der Waals surface area contributed by atoms with Crippen LogP contribution in [-0.4, -0.2) is 24.0 Å². The molecule has 0 radical (unpaired) electrons. The molecule has 0 spiro atoms. The topological polar surface area (TPSA) is 59.3 Å². The van der Waals surface area contributed by atoms with E-state index in [1.807, 2.05) is 31.1 Å². The molecule has 1 heterocycles. The molecule has 0 saturated carbocycles. The third kappa shape index (κ3) is 3.20. The van der Waals surface area contributed by atoms with Gasteiger partial charge in [0.15, 0.2) is 0 Å². The minimum atomic E-state index is -0.387. The summed E-state index contributed by atoms with van der Waals surface area (Å²) in [6.45, 7) is 0. The van der Waals surface area contributed by atoms with E-state index >= 15 is 0 Å². The van der Waals surface area contributed by atoms with Gasteiger partial charge in [-0.3, -0.25) is 15.1 Å². The maximum absolute atomic E-state index is 10.9. The van der Waals surface area contributed by atoms with Crippen LogP contribution in [0.4, 0.5) is 11.4 Å². The van der Waals surface area contributed by atoms with E-state index in [1.165, 1.54) is 6.07 Å². The lowest BCUT2D eigenvalue weighted by Crippen LogP contribution is -2.08. The normalized spacial score (nSPS) is 10.7. The zero-order valence-electron chi connectivity index (χ0n) is 11.4. The fourth-order valence-corrected chi connectivity index (χ4v) is 1.73. The number of nitro benzene ring substituents is 1. The first kappa shape index (κ1) is 13.7. The number of nitro groups is 1. The molecule has 5 nitrogen and oxygen atoms in total. The van der Waals surface area contributed by atoms with E-state index in [4.69, 9.17) is 0 Å². The maximum Gasteiger partial charge on any atom is 0.276 e. The van der Waals surface area contributed by atoms with Gasteiger partial charge in [-0.05, 0) is 30.4 Å². The molecule has 0 N–H and O–H groups in total. The summed E-state index contributed by atoms with van der Waals surface area (Å²) >= 11 is 0. The highest BCUT2D eigenvalue weighted by molar-refractivity contribution is 5.73. The summed E-state index contributed by atoms with van der Waals surface area (Å²) in [7, 11) is 3.89. The Morgan fingerprint density at radius 1 is 1.15 bits per heavy atom. The van der Waals surface area contributed by atoms with E-state index in [0.717, 1.165) is 11.4 Å². The van der Waals surface area contributed by atoms with Crippen molar-refractivity contribution in [2.75, 3.05) is 19.0 Å². The van der Waals surface area contributed by atoms with Crippen molar-refractivity contribution in [3.05, 3.63) is 64.0 Å². The van der Waals surface area contributed by atoms with Crippen molar-refractivity contribution in [1.29, 1.82) is 0 Å². The van der Waals surface area contributed by atoms with Crippen LogP contribution in [0.25, 0.3) is 12.2 Å². The highest BCUT2D eigenvalue weighted by Crippen LogP contribution is 2.20. The highest BCUT2D eigenvalue weighted by atomic mass is 16.6. The molecule has 2 rings (SSSR count). The maximum atomic E-state index is 10.9. The van der Waals surface area contributed by atoms with Gasteiger partial charge in [0, 0.05) is 20.2 Å². The lowest BCUT2D eigenvalue weighted by Gasteiger charge is -2.10. The molecule has 0 bridgehead atoms. The molecule has 20 heavy (non-hydrogen) atoms. The van der Waals surface area contributed by atoms with E-state index in [1.54, 1.807) is 36.5 Å². The number of benzene rings is 1. The molecule has 0 fully saturated rings. The molecule has 1 aromatic carbocycles. The fraction of sp³-hybridized carbons (Fsp3) is 0.133. The highest BCUT2D eigenvalue weighted by Gasteiger charge is 2.09. The summed E-state index contributed by atoms with van der Waals surface area (Å²) in [4.78, 5) is 16.8. The standard InChI is InChI=1S/C15H15N3O2/c1-17(2)14-10-9-13(16-11-14)8-7-12-5-3-4-6-15(12)18(19)20/h3-11H,1-2H3. The van der Waals surface area contributed by atoms with Gasteiger partial charge in [-0.1, -0.05) is 12.1 Å². The van der Waals surface area contributed by atoms with Gasteiger partial charge in [-0.15, -0.1) is 0 Å². The smallest absolute Gasteiger partial charge is 0.276 e. The van der Waals surface area contributed by atoms with Gasteiger partial charge in [0.2, 0.25) is 0 Å². The molecule has 0 atom stereocenters. The van der Waals surface area contributed by atoms with Crippen LogP contribution in [0, 0.1) is 10.1 Å². The van der Waals surface area contributed by atoms with E-state index in [2.05, 4.69) is 4.98 Å². The fourth-order valence-electron chi connectivity index (χ4n) is 1.73. The Morgan fingerprint density at radius 2 is 1.90 bits per heavy atom. The van der Waals surface area contributed by atoms with E-state index in [-0.39, 0.29) is 10.6 Å². The number of nitrogens with zero attached hydrogens (tertiary/aromatic N) is 3. The number of pyridine rings is 1. The zero-order valence-corrected chi connectivity index (χ0v) is 11.4. The summed E-state index contributed by atoms with van der Waals surface area (Å²) in [6, 6.07) is 10.5. The summed E-state index contributed by atoms with van der Waals surface area (Å²) in [5.74, 6) is 0. The Kier molecular flexibility index (Phi) is 4.10. The van der Waals surface area contributed by atoms with Crippen molar-refractivity contribution >= 4 is 23.5 Å². The second-order valence-corrected chi connectivity index (χ2v) is 4.48. The Morgan fingerprint density at radius 3 is 2.50 bits per heavy atom. The molecule has 0 aliphatic rings. The molecular weight excluding hydrogens is 254 g/mol. The lowest BCUT2D eigenvalue weighted by molar-refractivity contribution is -0.385. The van der Waals surface area contributed by atoms with Gasteiger partial charge in [-0.2, -0.15) is 0 Å². The van der Waals surface area contributed by atoms with Crippen LogP contribution in [0.1, 0.15) is 11.3 Å². The van der Waals surface area contributed by atoms with Crippen LogP contribution < -0.4 is 4.90 Å². The van der Waals surface area contributed by atoms with Gasteiger partial charge in [0.1, 0.15) is 0 Å². The van der Waals surface area contributed by atoms with Gasteiger partial charge < -0.3 is 4.90 Å². The number of aromatic nitrogens is 1. The number of rotatable bonds is 4. The summed E-state index contributed by atoms with van der Waals surface area (Å²) in [6.07, 6.45) is 5.23. The predicted molar refractivity (Wildman–Crippen MR) is 80.6 cm³/mol. The number of hydrogen-bond acceptors (Lipinski definition) is 4. The second kappa shape index (κ2) is 5.97. The second-order valence-electron chi connectivity index (χ2n) is 4.48. The molecule has 0 unspecified atom stereocenters. The first-order chi connectivity index (χ1) is 9.58. The monoisotopic (exact) mass is 269 g/mol. The first-order valence-electron chi connectivity index (χ1n) is 6.13. The molecule has 0 aliphatic heterocycles. The van der Waals surface area contributed by atoms with Crippen LogP contribution in [0.5, 0.6) is 0 Å². The SMILES string of the molecule is CN(C)c1ccc(C=Cc2ccccc2[N+](=O)[O-])nc1. The molecule has 0 amide bonds. The molecular formula is C15H15N3O2. The molecule has 2 aromatic rings. The van der Waals surface area contributed by atoms with Crippen molar-refractivity contribution in [1.82, 2.24) is 4.98 Å². The lowest BCUT2D eigenvalue weighted by atomic mass is 10.1. The number of hydrogen-bond donors (Lipinski definition) is 0. The summed E-state index contributed by atoms with van der Waals surface area (Å²) < 4.78 is 0. The number of para-hydroxylation sites is 1. The van der Waals surface area contributed by atoms with Crippen molar-refractivity contribution < 1.29 is 4.92 Å². The van der Waals surface area contributed by atoms with Crippen LogP contribution >= 0.6 is 0 Å². The molecule has 0 aliphatic carbocycles. The Balaban J connectivity index is 2.23. The summed E-state index contributed by atoms with van der Waals surface area (Å²) in [5.41, 5.74) is 2.42. The van der Waals surface area contributed by atoms with Crippen molar-refractivity contribution in [3.8, 4) is 0 Å². The molecule has 1 aromatic heterocycles. The van der Waals surface area contributed by atoms with E-state index in [0.29, 0.717) is 5.56 Å². The van der Waals surface area contributed by atoms with Crippen molar-refractivity contribution in [3.63, 3.8) is 0 Å². The van der Waals surface area contributed by atoms with Crippen LogP contribution in [0.2, 0.25) is 0 Å². The van der Waals surface area contributed by atoms with Gasteiger partial charge in [0.25, 0.3) is 5.69 Å². The third-order valence-electron chi connectivity index (χ3n) is 2.85.